The van der Waals surface area contributed by atoms with Gasteiger partial charge in [0, 0.05) is 25.0 Å². The third kappa shape index (κ3) is 2.61. The number of amides is 1. The first-order valence-corrected chi connectivity index (χ1v) is 7.25. The van der Waals surface area contributed by atoms with Crippen molar-refractivity contribution in [1.82, 2.24) is 4.90 Å². The van der Waals surface area contributed by atoms with E-state index in [-0.39, 0.29) is 18.1 Å². The Morgan fingerprint density at radius 2 is 1.63 bits per heavy atom. The van der Waals surface area contributed by atoms with E-state index in [0.29, 0.717) is 13.1 Å². The number of rotatable bonds is 6. The third-order valence-electron chi connectivity index (χ3n) is 4.13. The molecular weight excluding hydrogens is 246 g/mol. The minimum atomic E-state index is -1.14. The van der Waals surface area contributed by atoms with Gasteiger partial charge >= 0.3 is 0 Å². The second-order valence-corrected chi connectivity index (χ2v) is 5.49. The molecule has 0 N–H and O–H groups in total. The standard InChI is InChI=1S/C14H23NO4/c1-3-7-15(8-4-2)13(16)11-9-5-6-10(19-9)12(11)14(17)18/h9-12H,3-8H2,1-2H3,(H,17,18)/p-1/t9-,10+,11+,12+/m1/s1. The quantitative estimate of drug-likeness (QED) is 0.689. The number of carbonyl (C=O) groups is 2. The first-order chi connectivity index (χ1) is 9.10. The highest BCUT2D eigenvalue weighted by Crippen LogP contribution is 2.44. The summed E-state index contributed by atoms with van der Waals surface area (Å²) in [6.45, 7) is 5.40. The Labute approximate surface area is 113 Å². The second kappa shape index (κ2) is 5.90. The van der Waals surface area contributed by atoms with Crippen molar-refractivity contribution < 1.29 is 19.4 Å². The Bertz CT molecular complexity index is 351. The SMILES string of the molecule is CCCN(CCC)C(=O)[C@@H]1[C@@H](C(=O)[O-])[C@@H]2CC[C@H]1O2. The van der Waals surface area contributed by atoms with Crippen LogP contribution < -0.4 is 5.11 Å². The molecule has 0 aromatic rings. The van der Waals surface area contributed by atoms with Crippen LogP contribution in [0.1, 0.15) is 39.5 Å². The summed E-state index contributed by atoms with van der Waals surface area (Å²) in [5, 5.41) is 11.3. The fourth-order valence-corrected chi connectivity index (χ4v) is 3.37. The summed E-state index contributed by atoms with van der Waals surface area (Å²) in [5.74, 6) is -2.51. The van der Waals surface area contributed by atoms with Crippen LogP contribution in [0.15, 0.2) is 0 Å². The molecule has 19 heavy (non-hydrogen) atoms. The summed E-state index contributed by atoms with van der Waals surface area (Å²) >= 11 is 0. The van der Waals surface area contributed by atoms with Gasteiger partial charge in [-0.15, -0.1) is 0 Å². The molecule has 4 atom stereocenters. The topological polar surface area (TPSA) is 69.7 Å². The van der Waals surface area contributed by atoms with Crippen molar-refractivity contribution >= 4 is 11.9 Å². The zero-order valence-electron chi connectivity index (χ0n) is 11.6. The molecule has 0 unspecified atom stereocenters. The number of carbonyl (C=O) groups excluding carboxylic acids is 2. The number of carboxylic acid groups (broad SMARTS) is 1. The zero-order valence-corrected chi connectivity index (χ0v) is 11.6. The predicted molar refractivity (Wildman–Crippen MR) is 67.0 cm³/mol. The molecule has 0 aliphatic carbocycles. The summed E-state index contributed by atoms with van der Waals surface area (Å²) in [4.78, 5) is 25.7. The predicted octanol–water partition coefficient (Wildman–Crippen LogP) is 0.179. The van der Waals surface area contributed by atoms with Gasteiger partial charge in [-0.3, -0.25) is 4.79 Å². The van der Waals surface area contributed by atoms with Crippen molar-refractivity contribution in [1.29, 1.82) is 0 Å². The molecule has 0 radical (unpaired) electrons. The lowest BCUT2D eigenvalue weighted by Gasteiger charge is -2.32. The van der Waals surface area contributed by atoms with Gasteiger partial charge < -0.3 is 19.5 Å². The van der Waals surface area contributed by atoms with Crippen LogP contribution >= 0.6 is 0 Å². The van der Waals surface area contributed by atoms with Gasteiger partial charge in [0.2, 0.25) is 5.91 Å². The van der Waals surface area contributed by atoms with Crippen molar-refractivity contribution in [3.63, 3.8) is 0 Å². The van der Waals surface area contributed by atoms with Gasteiger partial charge in [0.05, 0.1) is 18.1 Å². The highest BCUT2D eigenvalue weighted by atomic mass is 16.5. The van der Waals surface area contributed by atoms with Gasteiger partial charge in [-0.1, -0.05) is 13.8 Å². The lowest BCUT2D eigenvalue weighted by atomic mass is 9.78. The van der Waals surface area contributed by atoms with Crippen LogP contribution in [0, 0.1) is 11.8 Å². The van der Waals surface area contributed by atoms with Gasteiger partial charge in [-0.25, -0.2) is 0 Å². The number of ether oxygens (including phenoxy) is 1. The molecule has 2 saturated heterocycles. The van der Waals surface area contributed by atoms with Crippen molar-refractivity contribution in [3.8, 4) is 0 Å². The average Bonchev–Trinajstić information content (AvgIpc) is 2.97. The molecule has 0 aromatic heterocycles. The van der Waals surface area contributed by atoms with Crippen LogP contribution in [0.25, 0.3) is 0 Å². The smallest absolute Gasteiger partial charge is 0.229 e. The van der Waals surface area contributed by atoms with Gasteiger partial charge in [0.15, 0.2) is 0 Å². The summed E-state index contributed by atoms with van der Waals surface area (Å²) in [6, 6.07) is 0. The molecular formula is C14H22NO4-. The minimum absolute atomic E-state index is 0.0647. The Kier molecular flexibility index (Phi) is 4.45. The van der Waals surface area contributed by atoms with Crippen LogP contribution in [0.4, 0.5) is 0 Å². The lowest BCUT2D eigenvalue weighted by Crippen LogP contribution is -2.49. The molecule has 5 nitrogen and oxygen atoms in total. The van der Waals surface area contributed by atoms with Crippen LogP contribution in [-0.4, -0.2) is 42.1 Å². The van der Waals surface area contributed by atoms with Gasteiger partial charge in [0.25, 0.3) is 0 Å². The molecule has 5 heteroatoms. The number of carboxylic acids is 1. The summed E-state index contributed by atoms with van der Waals surface area (Å²) in [6.07, 6.45) is 2.73. The molecule has 0 saturated carbocycles. The van der Waals surface area contributed by atoms with Gasteiger partial charge in [-0.05, 0) is 25.7 Å². The molecule has 2 fully saturated rings. The number of hydrogen-bond acceptors (Lipinski definition) is 4. The first kappa shape index (κ1) is 14.3. The fourth-order valence-electron chi connectivity index (χ4n) is 3.37. The van der Waals surface area contributed by atoms with E-state index in [2.05, 4.69) is 0 Å². The van der Waals surface area contributed by atoms with E-state index in [9.17, 15) is 14.7 Å². The van der Waals surface area contributed by atoms with Crippen molar-refractivity contribution in [2.24, 2.45) is 11.8 Å². The minimum Gasteiger partial charge on any atom is -0.550 e. The van der Waals surface area contributed by atoms with Crippen LogP contribution in [0.2, 0.25) is 0 Å². The Hall–Kier alpha value is -1.10. The Morgan fingerprint density at radius 3 is 2.11 bits per heavy atom. The first-order valence-electron chi connectivity index (χ1n) is 7.25. The van der Waals surface area contributed by atoms with E-state index in [0.717, 1.165) is 25.7 Å². The largest absolute Gasteiger partial charge is 0.550 e. The number of hydrogen-bond donors (Lipinski definition) is 0. The zero-order chi connectivity index (χ0) is 14.0. The maximum atomic E-state index is 12.6. The molecule has 2 bridgehead atoms. The molecule has 1 amide bonds. The lowest BCUT2D eigenvalue weighted by molar-refractivity contribution is -0.314. The van der Waals surface area contributed by atoms with Gasteiger partial charge in [-0.2, -0.15) is 0 Å². The van der Waals surface area contributed by atoms with E-state index in [1.54, 1.807) is 4.90 Å². The van der Waals surface area contributed by atoms with E-state index in [1.807, 2.05) is 13.8 Å². The van der Waals surface area contributed by atoms with Crippen LogP contribution in [0.5, 0.6) is 0 Å². The second-order valence-electron chi connectivity index (χ2n) is 5.49. The fraction of sp³-hybridized carbons (Fsp3) is 0.857. The van der Waals surface area contributed by atoms with Crippen molar-refractivity contribution in [2.45, 2.75) is 51.7 Å². The maximum Gasteiger partial charge on any atom is 0.229 e. The average molecular weight is 268 g/mol. The van der Waals surface area contributed by atoms with Crippen molar-refractivity contribution in [3.05, 3.63) is 0 Å². The third-order valence-corrected chi connectivity index (χ3v) is 4.13. The number of fused-ring (bicyclic) bond motifs is 2. The molecule has 0 aromatic carbocycles. The van der Waals surface area contributed by atoms with E-state index >= 15 is 0 Å². The van der Waals surface area contributed by atoms with E-state index in [4.69, 9.17) is 4.74 Å². The molecule has 0 spiro atoms. The number of aliphatic carboxylic acids is 1. The molecule has 2 aliphatic rings. The van der Waals surface area contributed by atoms with Gasteiger partial charge in [0.1, 0.15) is 0 Å². The number of nitrogens with zero attached hydrogens (tertiary/aromatic N) is 1. The van der Waals surface area contributed by atoms with Crippen molar-refractivity contribution in [2.75, 3.05) is 13.1 Å². The van der Waals surface area contributed by atoms with Crippen LogP contribution in [-0.2, 0) is 14.3 Å². The normalized spacial score (nSPS) is 32.5. The monoisotopic (exact) mass is 268 g/mol. The summed E-state index contributed by atoms with van der Waals surface area (Å²) < 4.78 is 5.62. The highest BCUT2D eigenvalue weighted by Gasteiger charge is 2.53. The molecule has 2 rings (SSSR count). The molecule has 108 valence electrons. The highest BCUT2D eigenvalue weighted by molar-refractivity contribution is 5.86. The summed E-state index contributed by atoms with van der Waals surface area (Å²) in [7, 11) is 0. The van der Waals surface area contributed by atoms with Crippen LogP contribution in [0.3, 0.4) is 0 Å². The maximum absolute atomic E-state index is 12.6. The Balaban J connectivity index is 2.13. The molecule has 2 aliphatic heterocycles. The van der Waals surface area contributed by atoms with E-state index in [1.165, 1.54) is 0 Å². The summed E-state index contributed by atoms with van der Waals surface area (Å²) in [5.41, 5.74) is 0. The van der Waals surface area contributed by atoms with E-state index < -0.39 is 17.8 Å². The Morgan fingerprint density at radius 1 is 1.11 bits per heavy atom. The molecule has 2 heterocycles.